The fourth-order valence-electron chi connectivity index (χ4n) is 1.91. The summed E-state index contributed by atoms with van der Waals surface area (Å²) in [5, 5.41) is 3.36. The Balaban J connectivity index is 1.76. The predicted octanol–water partition coefficient (Wildman–Crippen LogP) is 0.420. The molecule has 0 spiro atoms. The van der Waals surface area contributed by atoms with Crippen LogP contribution in [0.1, 0.15) is 18.4 Å². The molecule has 15 heavy (non-hydrogen) atoms. The molecule has 2 N–H and O–H groups in total. The van der Waals surface area contributed by atoms with Gasteiger partial charge >= 0.3 is 0 Å². The fraction of sp³-hybridized carbons (Fsp3) is 0.727. The van der Waals surface area contributed by atoms with E-state index in [-0.39, 0.29) is 0 Å². The van der Waals surface area contributed by atoms with Gasteiger partial charge in [-0.1, -0.05) is 6.92 Å². The minimum absolute atomic E-state index is 1.04. The maximum absolute atomic E-state index is 4.37. The van der Waals surface area contributed by atoms with Crippen LogP contribution in [0.4, 0.5) is 0 Å². The minimum Gasteiger partial charge on any atom is -0.346 e. The van der Waals surface area contributed by atoms with E-state index in [0.29, 0.717) is 0 Å². The molecule has 0 atom stereocenters. The topological polar surface area (TPSA) is 44.0 Å². The summed E-state index contributed by atoms with van der Waals surface area (Å²) in [6.07, 6.45) is 4.04. The van der Waals surface area contributed by atoms with Crippen LogP contribution in [0.25, 0.3) is 0 Å². The van der Waals surface area contributed by atoms with E-state index in [4.69, 9.17) is 0 Å². The van der Waals surface area contributed by atoms with E-state index in [1.807, 2.05) is 6.20 Å². The highest BCUT2D eigenvalue weighted by molar-refractivity contribution is 5.01. The van der Waals surface area contributed by atoms with E-state index in [9.17, 15) is 0 Å². The van der Waals surface area contributed by atoms with Gasteiger partial charge < -0.3 is 15.2 Å². The summed E-state index contributed by atoms with van der Waals surface area (Å²) in [5.41, 5.74) is 1.24. The highest BCUT2D eigenvalue weighted by Gasteiger charge is 2.09. The van der Waals surface area contributed by atoms with E-state index in [2.05, 4.69) is 27.1 Å². The van der Waals surface area contributed by atoms with E-state index < -0.39 is 0 Å². The molecule has 0 aromatic carbocycles. The molecule has 0 unspecified atom stereocenters. The summed E-state index contributed by atoms with van der Waals surface area (Å²) in [6.45, 7) is 7.85. The molecule has 1 aliphatic rings. The summed E-state index contributed by atoms with van der Waals surface area (Å²) in [6, 6.07) is 0. The van der Waals surface area contributed by atoms with Crippen molar-refractivity contribution in [1.29, 1.82) is 0 Å². The van der Waals surface area contributed by atoms with E-state index in [1.54, 1.807) is 0 Å². The molecule has 0 aliphatic carbocycles. The highest BCUT2D eigenvalue weighted by Crippen LogP contribution is 2.01. The van der Waals surface area contributed by atoms with Gasteiger partial charge in [0.2, 0.25) is 0 Å². The SMILES string of the molecule is CCc1cnc(CCN2CCNCC2)[nH]1. The molecule has 1 aromatic heterocycles. The number of nitrogens with one attached hydrogen (secondary N) is 2. The van der Waals surface area contributed by atoms with Crippen LogP contribution in [0.2, 0.25) is 0 Å². The molecular weight excluding hydrogens is 188 g/mol. The van der Waals surface area contributed by atoms with Gasteiger partial charge in [0.1, 0.15) is 5.82 Å². The Kier molecular flexibility index (Phi) is 3.75. The van der Waals surface area contributed by atoms with Crippen molar-refractivity contribution in [2.75, 3.05) is 32.7 Å². The third kappa shape index (κ3) is 3.04. The predicted molar refractivity (Wildman–Crippen MR) is 61.0 cm³/mol. The largest absolute Gasteiger partial charge is 0.346 e. The van der Waals surface area contributed by atoms with Gasteiger partial charge in [0.25, 0.3) is 0 Å². The van der Waals surface area contributed by atoms with Crippen molar-refractivity contribution in [1.82, 2.24) is 20.2 Å². The maximum atomic E-state index is 4.37. The normalized spacial score (nSPS) is 18.2. The lowest BCUT2D eigenvalue weighted by Gasteiger charge is -2.26. The number of aryl methyl sites for hydroxylation is 1. The van der Waals surface area contributed by atoms with Crippen molar-refractivity contribution in [3.8, 4) is 0 Å². The number of imidazole rings is 1. The molecule has 1 saturated heterocycles. The maximum Gasteiger partial charge on any atom is 0.107 e. The number of rotatable bonds is 4. The highest BCUT2D eigenvalue weighted by atomic mass is 15.2. The molecule has 1 fully saturated rings. The molecular formula is C11H20N4. The lowest BCUT2D eigenvalue weighted by molar-refractivity contribution is 0.242. The van der Waals surface area contributed by atoms with Gasteiger partial charge in [-0.15, -0.1) is 0 Å². The minimum atomic E-state index is 1.04. The molecule has 84 valence electrons. The van der Waals surface area contributed by atoms with E-state index in [0.717, 1.165) is 38.3 Å². The van der Waals surface area contributed by atoms with Gasteiger partial charge in [0, 0.05) is 51.0 Å². The van der Waals surface area contributed by atoms with Crippen molar-refractivity contribution in [3.05, 3.63) is 17.7 Å². The molecule has 1 aliphatic heterocycles. The monoisotopic (exact) mass is 208 g/mol. The molecule has 0 bridgehead atoms. The van der Waals surface area contributed by atoms with E-state index in [1.165, 1.54) is 18.8 Å². The van der Waals surface area contributed by atoms with Gasteiger partial charge in [-0.2, -0.15) is 0 Å². The van der Waals surface area contributed by atoms with Crippen molar-refractivity contribution in [3.63, 3.8) is 0 Å². The van der Waals surface area contributed by atoms with Crippen molar-refractivity contribution in [2.45, 2.75) is 19.8 Å². The first-order valence-electron chi connectivity index (χ1n) is 5.84. The van der Waals surface area contributed by atoms with E-state index >= 15 is 0 Å². The molecule has 0 amide bonds. The second kappa shape index (κ2) is 5.28. The number of H-pyrrole nitrogens is 1. The first kappa shape index (κ1) is 10.6. The molecule has 1 aromatic rings. The zero-order chi connectivity index (χ0) is 10.5. The first-order valence-corrected chi connectivity index (χ1v) is 5.84. The van der Waals surface area contributed by atoms with Gasteiger partial charge in [-0.3, -0.25) is 0 Å². The van der Waals surface area contributed by atoms with Gasteiger partial charge in [-0.25, -0.2) is 4.98 Å². The van der Waals surface area contributed by atoms with Crippen LogP contribution in [0.5, 0.6) is 0 Å². The smallest absolute Gasteiger partial charge is 0.107 e. The Bertz CT molecular complexity index is 289. The Hall–Kier alpha value is -0.870. The number of nitrogens with zero attached hydrogens (tertiary/aromatic N) is 2. The van der Waals surface area contributed by atoms with Crippen molar-refractivity contribution >= 4 is 0 Å². The van der Waals surface area contributed by atoms with Gasteiger partial charge in [0.05, 0.1) is 0 Å². The van der Waals surface area contributed by atoms with Gasteiger partial charge in [0.15, 0.2) is 0 Å². The molecule has 0 saturated carbocycles. The standard InChI is InChI=1S/C11H20N4/c1-2-10-9-13-11(14-10)3-6-15-7-4-12-5-8-15/h9,12H,2-8H2,1H3,(H,13,14). The van der Waals surface area contributed by atoms with Crippen LogP contribution in [0.15, 0.2) is 6.20 Å². The third-order valence-corrected chi connectivity index (χ3v) is 2.94. The Labute approximate surface area is 91.1 Å². The van der Waals surface area contributed by atoms with Crippen LogP contribution in [-0.2, 0) is 12.8 Å². The summed E-state index contributed by atoms with van der Waals surface area (Å²) in [4.78, 5) is 10.2. The average molecular weight is 208 g/mol. The van der Waals surface area contributed by atoms with Crippen LogP contribution < -0.4 is 5.32 Å². The zero-order valence-electron chi connectivity index (χ0n) is 9.42. The lowest BCUT2D eigenvalue weighted by Crippen LogP contribution is -2.44. The number of piperazine rings is 1. The van der Waals surface area contributed by atoms with Crippen LogP contribution in [0, 0.1) is 0 Å². The molecule has 4 nitrogen and oxygen atoms in total. The molecule has 2 rings (SSSR count). The van der Waals surface area contributed by atoms with Crippen LogP contribution >= 0.6 is 0 Å². The second-order valence-electron chi connectivity index (χ2n) is 4.05. The van der Waals surface area contributed by atoms with Crippen LogP contribution in [-0.4, -0.2) is 47.6 Å². The zero-order valence-corrected chi connectivity index (χ0v) is 9.42. The first-order chi connectivity index (χ1) is 7.38. The fourth-order valence-corrected chi connectivity index (χ4v) is 1.91. The summed E-state index contributed by atoms with van der Waals surface area (Å²) in [5.74, 6) is 1.13. The number of aromatic amines is 1. The van der Waals surface area contributed by atoms with Crippen molar-refractivity contribution < 1.29 is 0 Å². The number of hydrogen-bond acceptors (Lipinski definition) is 3. The van der Waals surface area contributed by atoms with Gasteiger partial charge in [-0.05, 0) is 6.42 Å². The van der Waals surface area contributed by atoms with Crippen LogP contribution in [0.3, 0.4) is 0 Å². The Morgan fingerprint density at radius 1 is 1.40 bits per heavy atom. The summed E-state index contributed by atoms with van der Waals surface area (Å²) < 4.78 is 0. The van der Waals surface area contributed by atoms with Crippen molar-refractivity contribution in [2.24, 2.45) is 0 Å². The summed E-state index contributed by atoms with van der Waals surface area (Å²) >= 11 is 0. The summed E-state index contributed by atoms with van der Waals surface area (Å²) in [7, 11) is 0. The average Bonchev–Trinajstić information content (AvgIpc) is 2.76. The second-order valence-corrected chi connectivity index (χ2v) is 4.05. The Morgan fingerprint density at radius 3 is 2.87 bits per heavy atom. The molecule has 4 heteroatoms. The number of hydrogen-bond donors (Lipinski definition) is 2. The quantitative estimate of drug-likeness (QED) is 0.753. The molecule has 0 radical (unpaired) electrons. The third-order valence-electron chi connectivity index (χ3n) is 2.94. The molecule has 2 heterocycles. The number of aromatic nitrogens is 2. The lowest BCUT2D eigenvalue weighted by atomic mass is 10.3. The Morgan fingerprint density at radius 2 is 2.20 bits per heavy atom.